The molecule has 2 aliphatic rings. The first-order chi connectivity index (χ1) is 11.2. The zero-order chi connectivity index (χ0) is 16.0. The maximum Gasteiger partial charge on any atom is 0.231 e. The van der Waals surface area contributed by atoms with Crippen molar-refractivity contribution in [1.82, 2.24) is 15.1 Å². The van der Waals surface area contributed by atoms with Crippen LogP contribution in [-0.2, 0) is 12.8 Å². The predicted molar refractivity (Wildman–Crippen MR) is 85.2 cm³/mol. The van der Waals surface area contributed by atoms with Gasteiger partial charge in [-0.15, -0.1) is 0 Å². The number of hydrogen-bond donors (Lipinski definition) is 1. The molecule has 1 aromatic carbocycles. The standard InChI is InChI=1S/C17H21N3O3/c1-10-6-12(19-18-10)8-13-15-11(4-5-20(13)2)7-14-16(17(15)21-3)23-9-22-14/h6-7,13H,4-5,8-9H2,1-3H3,(H,18,19). The molecule has 1 unspecified atom stereocenters. The van der Waals surface area contributed by atoms with E-state index in [-0.39, 0.29) is 12.8 Å². The number of nitrogens with zero attached hydrogens (tertiary/aromatic N) is 2. The minimum Gasteiger partial charge on any atom is -0.492 e. The van der Waals surface area contributed by atoms with Gasteiger partial charge in [0, 0.05) is 30.3 Å². The van der Waals surface area contributed by atoms with Crippen molar-refractivity contribution < 1.29 is 14.2 Å². The normalized spacial score (nSPS) is 19.7. The van der Waals surface area contributed by atoms with Gasteiger partial charge in [0.2, 0.25) is 12.5 Å². The predicted octanol–water partition coefficient (Wildman–Crippen LogP) is 2.23. The van der Waals surface area contributed by atoms with Crippen molar-refractivity contribution in [1.29, 1.82) is 0 Å². The number of aromatic amines is 1. The number of nitrogens with one attached hydrogen (secondary N) is 1. The van der Waals surface area contributed by atoms with Crippen LogP contribution >= 0.6 is 0 Å². The molecule has 0 fully saturated rings. The molecule has 3 heterocycles. The molecule has 2 aromatic rings. The molecule has 4 rings (SSSR count). The molecule has 0 saturated heterocycles. The van der Waals surface area contributed by atoms with E-state index < -0.39 is 0 Å². The highest BCUT2D eigenvalue weighted by atomic mass is 16.7. The SMILES string of the molecule is COc1c2c(cc3c1C(Cc1cc(C)[nH]n1)N(C)CC3)OCO2. The van der Waals surface area contributed by atoms with Crippen LogP contribution in [0, 0.1) is 6.92 Å². The summed E-state index contributed by atoms with van der Waals surface area (Å²) >= 11 is 0. The number of hydrogen-bond acceptors (Lipinski definition) is 5. The van der Waals surface area contributed by atoms with Gasteiger partial charge in [-0.25, -0.2) is 0 Å². The van der Waals surface area contributed by atoms with Gasteiger partial charge >= 0.3 is 0 Å². The van der Waals surface area contributed by atoms with E-state index in [1.807, 2.05) is 6.92 Å². The van der Waals surface area contributed by atoms with Crippen molar-refractivity contribution >= 4 is 0 Å². The summed E-state index contributed by atoms with van der Waals surface area (Å²) < 4.78 is 16.9. The molecule has 6 nitrogen and oxygen atoms in total. The Balaban J connectivity index is 1.80. The van der Waals surface area contributed by atoms with E-state index in [1.54, 1.807) is 7.11 Å². The summed E-state index contributed by atoms with van der Waals surface area (Å²) in [6.07, 6.45) is 1.82. The van der Waals surface area contributed by atoms with Crippen LogP contribution in [0.25, 0.3) is 0 Å². The average Bonchev–Trinajstić information content (AvgIpc) is 3.16. The summed E-state index contributed by atoms with van der Waals surface area (Å²) in [4.78, 5) is 2.36. The van der Waals surface area contributed by atoms with Gasteiger partial charge in [0.15, 0.2) is 11.5 Å². The fraction of sp³-hybridized carbons (Fsp3) is 0.471. The third-order valence-electron chi connectivity index (χ3n) is 4.71. The lowest BCUT2D eigenvalue weighted by Crippen LogP contribution is -2.34. The average molecular weight is 315 g/mol. The molecule has 1 atom stereocenters. The van der Waals surface area contributed by atoms with E-state index in [0.717, 1.165) is 48.0 Å². The van der Waals surface area contributed by atoms with E-state index in [2.05, 4.69) is 34.3 Å². The molecule has 2 aliphatic heterocycles. The Hall–Kier alpha value is -2.21. The van der Waals surface area contributed by atoms with Gasteiger partial charge in [-0.3, -0.25) is 10.00 Å². The molecule has 0 amide bonds. The van der Waals surface area contributed by atoms with Gasteiger partial charge in [0.05, 0.1) is 12.8 Å². The Labute approximate surface area is 135 Å². The maximum absolute atomic E-state index is 5.72. The highest BCUT2D eigenvalue weighted by Crippen LogP contribution is 2.49. The van der Waals surface area contributed by atoms with Crippen molar-refractivity contribution in [3.8, 4) is 17.2 Å². The number of aromatic nitrogens is 2. The van der Waals surface area contributed by atoms with Crippen LogP contribution in [0.3, 0.4) is 0 Å². The van der Waals surface area contributed by atoms with E-state index in [0.29, 0.717) is 0 Å². The minimum atomic E-state index is 0.214. The van der Waals surface area contributed by atoms with Crippen LogP contribution < -0.4 is 14.2 Å². The van der Waals surface area contributed by atoms with Crippen molar-refractivity contribution in [2.75, 3.05) is 27.5 Å². The molecule has 122 valence electrons. The lowest BCUT2D eigenvalue weighted by molar-refractivity contribution is 0.170. The van der Waals surface area contributed by atoms with Crippen LogP contribution in [0.5, 0.6) is 17.2 Å². The first-order valence-corrected chi connectivity index (χ1v) is 7.88. The molecule has 23 heavy (non-hydrogen) atoms. The second-order valence-corrected chi connectivity index (χ2v) is 6.21. The molecule has 0 saturated carbocycles. The Morgan fingerprint density at radius 1 is 1.39 bits per heavy atom. The van der Waals surface area contributed by atoms with E-state index >= 15 is 0 Å². The molecular weight excluding hydrogens is 294 g/mol. The second-order valence-electron chi connectivity index (χ2n) is 6.21. The first kappa shape index (κ1) is 14.4. The topological polar surface area (TPSA) is 59.6 Å². The van der Waals surface area contributed by atoms with Gasteiger partial charge in [0.25, 0.3) is 0 Å². The number of methoxy groups -OCH3 is 1. The smallest absolute Gasteiger partial charge is 0.231 e. The van der Waals surface area contributed by atoms with E-state index in [1.165, 1.54) is 11.1 Å². The van der Waals surface area contributed by atoms with Crippen molar-refractivity contribution in [2.45, 2.75) is 25.8 Å². The highest BCUT2D eigenvalue weighted by Gasteiger charge is 2.34. The number of H-pyrrole nitrogens is 1. The third kappa shape index (κ3) is 2.34. The second kappa shape index (κ2) is 5.45. The first-order valence-electron chi connectivity index (χ1n) is 7.88. The van der Waals surface area contributed by atoms with Crippen molar-refractivity contribution in [3.05, 3.63) is 34.6 Å². The largest absolute Gasteiger partial charge is 0.492 e. The van der Waals surface area contributed by atoms with Gasteiger partial charge < -0.3 is 14.2 Å². The molecule has 1 N–H and O–H groups in total. The lowest BCUT2D eigenvalue weighted by atomic mass is 9.88. The summed E-state index contributed by atoms with van der Waals surface area (Å²) in [6.45, 7) is 3.28. The fourth-order valence-electron chi connectivity index (χ4n) is 3.56. The monoisotopic (exact) mass is 315 g/mol. The molecule has 0 aliphatic carbocycles. The van der Waals surface area contributed by atoms with Crippen molar-refractivity contribution in [2.24, 2.45) is 0 Å². The lowest BCUT2D eigenvalue weighted by Gasteiger charge is -2.35. The van der Waals surface area contributed by atoms with Crippen LogP contribution in [0.2, 0.25) is 0 Å². The van der Waals surface area contributed by atoms with Crippen LogP contribution in [0.4, 0.5) is 0 Å². The zero-order valence-electron chi connectivity index (χ0n) is 13.7. The highest BCUT2D eigenvalue weighted by molar-refractivity contribution is 5.61. The summed E-state index contributed by atoms with van der Waals surface area (Å²) in [5.74, 6) is 2.32. The van der Waals surface area contributed by atoms with Gasteiger partial charge in [-0.2, -0.15) is 5.10 Å². The van der Waals surface area contributed by atoms with Crippen LogP contribution in [0.15, 0.2) is 12.1 Å². The summed E-state index contributed by atoms with van der Waals surface area (Å²) in [7, 11) is 3.85. The van der Waals surface area contributed by atoms with Gasteiger partial charge in [0.1, 0.15) is 0 Å². The molecule has 0 bridgehead atoms. The van der Waals surface area contributed by atoms with E-state index in [4.69, 9.17) is 14.2 Å². The number of fused-ring (bicyclic) bond motifs is 2. The summed E-state index contributed by atoms with van der Waals surface area (Å²) in [5, 5.41) is 7.42. The van der Waals surface area contributed by atoms with Gasteiger partial charge in [-0.1, -0.05) is 0 Å². The number of likely N-dealkylation sites (N-methyl/N-ethyl adjacent to an activating group) is 1. The number of aryl methyl sites for hydroxylation is 1. The molecule has 6 heteroatoms. The Morgan fingerprint density at radius 3 is 3.00 bits per heavy atom. The van der Waals surface area contributed by atoms with Crippen LogP contribution in [0.1, 0.15) is 28.6 Å². The van der Waals surface area contributed by atoms with Crippen LogP contribution in [-0.4, -0.2) is 42.6 Å². The quantitative estimate of drug-likeness (QED) is 0.941. The molecular formula is C17H21N3O3. The Bertz CT molecular complexity index is 741. The summed E-state index contributed by atoms with van der Waals surface area (Å²) in [6, 6.07) is 4.42. The zero-order valence-corrected chi connectivity index (χ0v) is 13.7. The molecule has 0 spiro atoms. The summed E-state index contributed by atoms with van der Waals surface area (Å²) in [5.41, 5.74) is 4.62. The number of benzene rings is 1. The third-order valence-corrected chi connectivity index (χ3v) is 4.71. The minimum absolute atomic E-state index is 0.214. The van der Waals surface area contributed by atoms with E-state index in [9.17, 15) is 0 Å². The maximum atomic E-state index is 5.72. The van der Waals surface area contributed by atoms with Crippen molar-refractivity contribution in [3.63, 3.8) is 0 Å². The van der Waals surface area contributed by atoms with Gasteiger partial charge in [-0.05, 0) is 38.1 Å². The molecule has 0 radical (unpaired) electrons. The Kier molecular flexibility index (Phi) is 3.41. The Morgan fingerprint density at radius 2 is 2.26 bits per heavy atom. The number of ether oxygens (including phenoxy) is 3. The molecule has 1 aromatic heterocycles. The fourth-order valence-corrected chi connectivity index (χ4v) is 3.56. The number of rotatable bonds is 3.